The minimum Gasteiger partial charge on any atom is -0.351 e. The Hall–Kier alpha value is -2.10. The first-order valence-electron chi connectivity index (χ1n) is 9.06. The van der Waals surface area contributed by atoms with Crippen molar-refractivity contribution < 1.29 is 0 Å². The molecule has 1 aromatic heterocycles. The first kappa shape index (κ1) is 15.4. The molecule has 1 aliphatic carbocycles. The lowest BCUT2D eigenvalue weighted by Crippen LogP contribution is -2.49. The van der Waals surface area contributed by atoms with Crippen LogP contribution in [0.4, 0.5) is 11.8 Å². The van der Waals surface area contributed by atoms with Crippen LogP contribution in [0, 0.1) is 0 Å². The normalized spacial score (nSPS) is 20.0. The molecule has 2 aliphatic rings. The highest BCUT2D eigenvalue weighted by Gasteiger charge is 2.33. The molecule has 0 unspecified atom stereocenters. The van der Waals surface area contributed by atoms with Crippen molar-refractivity contribution >= 4 is 11.8 Å². The minimum absolute atomic E-state index is 0.0489. The molecule has 4 heteroatoms. The zero-order chi connectivity index (χ0) is 16.6. The SMILES string of the molecule is CC1(C)Cc2ccccc2CN1c1ccnc(NC2CCCC2)n1. The molecule has 2 heterocycles. The molecule has 4 rings (SSSR count). The van der Waals surface area contributed by atoms with Gasteiger partial charge in [-0.3, -0.25) is 0 Å². The smallest absolute Gasteiger partial charge is 0.224 e. The van der Waals surface area contributed by atoms with Crippen LogP contribution < -0.4 is 10.2 Å². The molecule has 0 amide bonds. The molecule has 24 heavy (non-hydrogen) atoms. The maximum Gasteiger partial charge on any atom is 0.224 e. The van der Waals surface area contributed by atoms with E-state index in [1.165, 1.54) is 36.8 Å². The summed E-state index contributed by atoms with van der Waals surface area (Å²) in [6, 6.07) is 11.3. The first-order valence-corrected chi connectivity index (χ1v) is 9.06. The van der Waals surface area contributed by atoms with E-state index in [1.54, 1.807) is 0 Å². The van der Waals surface area contributed by atoms with Gasteiger partial charge in [-0.2, -0.15) is 4.98 Å². The number of anilines is 2. The quantitative estimate of drug-likeness (QED) is 0.920. The summed E-state index contributed by atoms with van der Waals surface area (Å²) >= 11 is 0. The van der Waals surface area contributed by atoms with Crippen molar-refractivity contribution in [2.24, 2.45) is 0 Å². The molecule has 1 saturated carbocycles. The van der Waals surface area contributed by atoms with E-state index >= 15 is 0 Å². The monoisotopic (exact) mass is 322 g/mol. The molecular weight excluding hydrogens is 296 g/mol. The van der Waals surface area contributed by atoms with Gasteiger partial charge in [0, 0.05) is 24.3 Å². The lowest BCUT2D eigenvalue weighted by molar-refractivity contribution is 0.427. The van der Waals surface area contributed by atoms with Gasteiger partial charge < -0.3 is 10.2 Å². The highest BCUT2D eigenvalue weighted by molar-refractivity contribution is 5.50. The van der Waals surface area contributed by atoms with Crippen molar-refractivity contribution in [3.63, 3.8) is 0 Å². The highest BCUT2D eigenvalue weighted by Crippen LogP contribution is 2.34. The predicted octanol–water partition coefficient (Wildman–Crippen LogP) is 4.17. The van der Waals surface area contributed by atoms with Crippen LogP contribution in [-0.2, 0) is 13.0 Å². The molecule has 0 saturated heterocycles. The predicted molar refractivity (Wildman–Crippen MR) is 98.3 cm³/mol. The van der Waals surface area contributed by atoms with Crippen molar-refractivity contribution in [2.75, 3.05) is 10.2 Å². The number of hydrogen-bond donors (Lipinski definition) is 1. The fraction of sp³-hybridized carbons (Fsp3) is 0.500. The topological polar surface area (TPSA) is 41.1 Å². The summed E-state index contributed by atoms with van der Waals surface area (Å²) in [4.78, 5) is 11.7. The van der Waals surface area contributed by atoms with Gasteiger partial charge in [-0.05, 0) is 50.3 Å². The summed E-state index contributed by atoms with van der Waals surface area (Å²) in [7, 11) is 0. The third-order valence-corrected chi connectivity index (χ3v) is 5.41. The van der Waals surface area contributed by atoms with Gasteiger partial charge in [0.2, 0.25) is 5.95 Å². The van der Waals surface area contributed by atoms with Gasteiger partial charge in [0.15, 0.2) is 0 Å². The number of nitrogens with zero attached hydrogens (tertiary/aromatic N) is 3. The van der Waals surface area contributed by atoms with E-state index < -0.39 is 0 Å². The molecule has 0 bridgehead atoms. The van der Waals surface area contributed by atoms with Crippen LogP contribution in [-0.4, -0.2) is 21.5 Å². The lowest BCUT2D eigenvalue weighted by atomic mass is 9.85. The zero-order valence-corrected chi connectivity index (χ0v) is 14.6. The molecule has 4 nitrogen and oxygen atoms in total. The average Bonchev–Trinajstić information content (AvgIpc) is 3.06. The number of rotatable bonds is 3. The van der Waals surface area contributed by atoms with Crippen LogP contribution in [0.1, 0.15) is 50.7 Å². The van der Waals surface area contributed by atoms with Crippen molar-refractivity contribution in [1.82, 2.24) is 9.97 Å². The van der Waals surface area contributed by atoms with Gasteiger partial charge in [0.05, 0.1) is 0 Å². The first-order chi connectivity index (χ1) is 11.6. The molecular formula is C20H26N4. The van der Waals surface area contributed by atoms with Crippen LogP contribution in [0.15, 0.2) is 36.5 Å². The van der Waals surface area contributed by atoms with Gasteiger partial charge in [-0.25, -0.2) is 4.98 Å². The molecule has 1 aromatic carbocycles. The van der Waals surface area contributed by atoms with Crippen LogP contribution in [0.3, 0.4) is 0 Å². The molecule has 0 radical (unpaired) electrons. The molecule has 1 fully saturated rings. The lowest BCUT2D eigenvalue weighted by Gasteiger charge is -2.44. The van der Waals surface area contributed by atoms with Crippen molar-refractivity contribution in [2.45, 2.75) is 64.1 Å². The molecule has 1 aliphatic heterocycles. The molecule has 0 atom stereocenters. The Balaban J connectivity index is 1.60. The van der Waals surface area contributed by atoms with Crippen molar-refractivity contribution in [1.29, 1.82) is 0 Å². The Morgan fingerprint density at radius 1 is 1.08 bits per heavy atom. The number of aromatic nitrogens is 2. The van der Waals surface area contributed by atoms with Gasteiger partial charge >= 0.3 is 0 Å². The maximum absolute atomic E-state index is 4.83. The van der Waals surface area contributed by atoms with Gasteiger partial charge in [-0.15, -0.1) is 0 Å². The average molecular weight is 322 g/mol. The summed E-state index contributed by atoms with van der Waals surface area (Å²) in [5, 5.41) is 3.52. The Morgan fingerprint density at radius 3 is 2.62 bits per heavy atom. The molecule has 126 valence electrons. The molecule has 0 spiro atoms. The summed E-state index contributed by atoms with van der Waals surface area (Å²) in [6.07, 6.45) is 8.02. The van der Waals surface area contributed by atoms with Crippen LogP contribution >= 0.6 is 0 Å². The maximum atomic E-state index is 4.83. The molecule has 2 aromatic rings. The van der Waals surface area contributed by atoms with E-state index in [9.17, 15) is 0 Å². The minimum atomic E-state index is 0.0489. The third kappa shape index (κ3) is 2.97. The highest BCUT2D eigenvalue weighted by atomic mass is 15.3. The second kappa shape index (κ2) is 6.08. The van der Waals surface area contributed by atoms with E-state index in [0.717, 1.165) is 24.7 Å². The van der Waals surface area contributed by atoms with Crippen LogP contribution in [0.25, 0.3) is 0 Å². The second-order valence-electron chi connectivity index (χ2n) is 7.71. The zero-order valence-electron chi connectivity index (χ0n) is 14.6. The summed E-state index contributed by atoms with van der Waals surface area (Å²) < 4.78 is 0. The van der Waals surface area contributed by atoms with Gasteiger partial charge in [0.25, 0.3) is 0 Å². The Labute approximate surface area is 144 Å². The standard InChI is InChI=1S/C20H26N4/c1-20(2)13-15-7-3-4-8-16(15)14-24(20)18-11-12-21-19(23-18)22-17-9-5-6-10-17/h3-4,7-8,11-12,17H,5-6,9-10,13-14H2,1-2H3,(H,21,22,23). The van der Waals surface area contributed by atoms with Crippen molar-refractivity contribution in [3.8, 4) is 0 Å². The fourth-order valence-electron chi connectivity index (χ4n) is 4.04. The van der Waals surface area contributed by atoms with Crippen molar-refractivity contribution in [3.05, 3.63) is 47.7 Å². The van der Waals surface area contributed by atoms with E-state index in [0.29, 0.717) is 6.04 Å². The summed E-state index contributed by atoms with van der Waals surface area (Å²) in [6.45, 7) is 5.51. The fourth-order valence-corrected chi connectivity index (χ4v) is 4.04. The van der Waals surface area contributed by atoms with Gasteiger partial charge in [-0.1, -0.05) is 37.1 Å². The molecule has 1 N–H and O–H groups in total. The van der Waals surface area contributed by atoms with Crippen LogP contribution in [0.2, 0.25) is 0 Å². The van der Waals surface area contributed by atoms with Crippen LogP contribution in [0.5, 0.6) is 0 Å². The Morgan fingerprint density at radius 2 is 1.83 bits per heavy atom. The number of benzene rings is 1. The number of nitrogens with one attached hydrogen (secondary N) is 1. The van der Waals surface area contributed by atoms with E-state index in [-0.39, 0.29) is 5.54 Å². The third-order valence-electron chi connectivity index (χ3n) is 5.41. The summed E-state index contributed by atoms with van der Waals surface area (Å²) in [5.74, 6) is 1.79. The van der Waals surface area contributed by atoms with E-state index in [1.807, 2.05) is 12.3 Å². The Bertz CT molecular complexity index is 719. The Kier molecular flexibility index (Phi) is 3.91. The largest absolute Gasteiger partial charge is 0.351 e. The van der Waals surface area contributed by atoms with Gasteiger partial charge in [0.1, 0.15) is 5.82 Å². The number of hydrogen-bond acceptors (Lipinski definition) is 4. The van der Waals surface area contributed by atoms with E-state index in [2.05, 4.69) is 53.3 Å². The second-order valence-corrected chi connectivity index (χ2v) is 7.71. The number of fused-ring (bicyclic) bond motifs is 1. The van der Waals surface area contributed by atoms with E-state index in [4.69, 9.17) is 4.98 Å². The summed E-state index contributed by atoms with van der Waals surface area (Å²) in [5.41, 5.74) is 2.91.